The smallest absolute Gasteiger partial charge is 0.202 e. The summed E-state index contributed by atoms with van der Waals surface area (Å²) in [5.41, 5.74) is -0.163. The van der Waals surface area contributed by atoms with Crippen molar-refractivity contribution < 1.29 is 13.2 Å². The molecule has 1 aliphatic carbocycles. The molecular formula is C18H22F3N. The standard InChI is InChI=1S/C18H22F3N/c1-2-3-4-5-13-6-8-14(9-7-13)10-11-15-12-16(19)18(21)22-17(15)20/h12-14H,2-9H2,1H3/t13-,14-. The van der Waals surface area contributed by atoms with Crippen molar-refractivity contribution in [2.75, 3.05) is 0 Å². The maximum atomic E-state index is 13.4. The molecular weight excluding hydrogens is 287 g/mol. The number of aromatic nitrogens is 1. The van der Waals surface area contributed by atoms with Gasteiger partial charge in [-0.05, 0) is 37.7 Å². The minimum Gasteiger partial charge on any atom is -0.202 e. The van der Waals surface area contributed by atoms with Gasteiger partial charge in [-0.25, -0.2) is 4.39 Å². The molecule has 0 amide bonds. The van der Waals surface area contributed by atoms with Gasteiger partial charge < -0.3 is 0 Å². The van der Waals surface area contributed by atoms with Crippen LogP contribution in [0, 0.1) is 41.4 Å². The molecule has 0 aromatic carbocycles. The fourth-order valence-electron chi connectivity index (χ4n) is 2.99. The van der Waals surface area contributed by atoms with E-state index in [1.54, 1.807) is 0 Å². The maximum Gasteiger partial charge on any atom is 0.251 e. The Bertz CT molecular complexity index is 551. The van der Waals surface area contributed by atoms with Gasteiger partial charge in [0.05, 0.1) is 5.56 Å². The van der Waals surface area contributed by atoms with Crippen molar-refractivity contribution in [3.05, 3.63) is 29.3 Å². The van der Waals surface area contributed by atoms with E-state index in [4.69, 9.17) is 0 Å². The highest BCUT2D eigenvalue weighted by atomic mass is 19.2. The van der Waals surface area contributed by atoms with Crippen molar-refractivity contribution in [1.82, 2.24) is 4.98 Å². The molecule has 0 spiro atoms. The van der Waals surface area contributed by atoms with E-state index in [2.05, 4.69) is 23.7 Å². The first kappa shape index (κ1) is 16.9. The molecule has 0 unspecified atom stereocenters. The number of halogens is 3. The second-order valence-corrected chi connectivity index (χ2v) is 6.08. The molecule has 1 aliphatic rings. The number of rotatable bonds is 4. The van der Waals surface area contributed by atoms with Crippen LogP contribution in [0.5, 0.6) is 0 Å². The Labute approximate surface area is 130 Å². The van der Waals surface area contributed by atoms with Gasteiger partial charge in [-0.1, -0.05) is 44.4 Å². The van der Waals surface area contributed by atoms with Crippen LogP contribution in [-0.2, 0) is 0 Å². The third-order valence-corrected chi connectivity index (χ3v) is 4.36. The Morgan fingerprint density at radius 3 is 2.50 bits per heavy atom. The van der Waals surface area contributed by atoms with E-state index in [1.165, 1.54) is 25.7 Å². The van der Waals surface area contributed by atoms with E-state index in [9.17, 15) is 13.2 Å². The Morgan fingerprint density at radius 2 is 1.82 bits per heavy atom. The van der Waals surface area contributed by atoms with E-state index in [-0.39, 0.29) is 11.5 Å². The van der Waals surface area contributed by atoms with Gasteiger partial charge in [-0.3, -0.25) is 0 Å². The average molecular weight is 309 g/mol. The lowest BCUT2D eigenvalue weighted by atomic mass is 9.80. The Hall–Kier alpha value is -1.50. The van der Waals surface area contributed by atoms with Crippen molar-refractivity contribution in [2.45, 2.75) is 58.3 Å². The fourth-order valence-corrected chi connectivity index (χ4v) is 2.99. The molecule has 0 saturated heterocycles. The topological polar surface area (TPSA) is 12.9 Å². The molecule has 1 fully saturated rings. The third-order valence-electron chi connectivity index (χ3n) is 4.36. The quantitative estimate of drug-likeness (QED) is 0.421. The Morgan fingerprint density at radius 1 is 1.09 bits per heavy atom. The van der Waals surface area contributed by atoms with Crippen molar-refractivity contribution in [3.63, 3.8) is 0 Å². The maximum absolute atomic E-state index is 13.4. The summed E-state index contributed by atoms with van der Waals surface area (Å²) in [6.45, 7) is 2.21. The van der Waals surface area contributed by atoms with Gasteiger partial charge >= 0.3 is 0 Å². The summed E-state index contributed by atoms with van der Waals surface area (Å²) in [6.07, 6.45) is 9.43. The number of hydrogen-bond acceptors (Lipinski definition) is 1. The van der Waals surface area contributed by atoms with Gasteiger partial charge in [-0.15, -0.1) is 0 Å². The predicted molar refractivity (Wildman–Crippen MR) is 80.6 cm³/mol. The van der Waals surface area contributed by atoms with Gasteiger partial charge in [0.1, 0.15) is 0 Å². The van der Waals surface area contributed by atoms with Crippen LogP contribution >= 0.6 is 0 Å². The molecule has 0 atom stereocenters. The molecule has 1 aromatic heterocycles. The third kappa shape index (κ3) is 4.76. The lowest BCUT2D eigenvalue weighted by Crippen LogP contribution is -2.13. The average Bonchev–Trinajstić information content (AvgIpc) is 2.51. The molecule has 1 heterocycles. The number of nitrogens with zero attached hydrogens (tertiary/aromatic N) is 1. The molecule has 1 nitrogen and oxygen atoms in total. The highest BCUT2D eigenvalue weighted by Gasteiger charge is 2.19. The lowest BCUT2D eigenvalue weighted by molar-refractivity contribution is 0.294. The fraction of sp³-hybridized carbons (Fsp3) is 0.611. The minimum atomic E-state index is -1.42. The summed E-state index contributed by atoms with van der Waals surface area (Å²) in [5.74, 6) is 2.99. The first-order chi connectivity index (χ1) is 10.6. The summed E-state index contributed by atoms with van der Waals surface area (Å²) < 4.78 is 39.2. The minimum absolute atomic E-state index is 0.163. The van der Waals surface area contributed by atoms with E-state index >= 15 is 0 Å². The van der Waals surface area contributed by atoms with Gasteiger partial charge in [0.2, 0.25) is 5.95 Å². The molecule has 1 aromatic rings. The molecule has 0 N–H and O–H groups in total. The molecule has 0 bridgehead atoms. The van der Waals surface area contributed by atoms with Crippen LogP contribution in [0.4, 0.5) is 13.2 Å². The number of unbranched alkanes of at least 4 members (excludes halogenated alkanes) is 2. The van der Waals surface area contributed by atoms with E-state index in [0.717, 1.165) is 37.7 Å². The zero-order chi connectivity index (χ0) is 15.9. The molecule has 22 heavy (non-hydrogen) atoms. The predicted octanol–water partition coefficient (Wildman–Crippen LogP) is 5.24. The summed E-state index contributed by atoms with van der Waals surface area (Å²) >= 11 is 0. The van der Waals surface area contributed by atoms with Crippen LogP contribution in [0.25, 0.3) is 0 Å². The van der Waals surface area contributed by atoms with Crippen molar-refractivity contribution in [3.8, 4) is 11.8 Å². The zero-order valence-corrected chi connectivity index (χ0v) is 13.0. The molecule has 1 saturated carbocycles. The highest BCUT2D eigenvalue weighted by molar-refractivity contribution is 5.33. The van der Waals surface area contributed by atoms with Crippen molar-refractivity contribution in [1.29, 1.82) is 0 Å². The van der Waals surface area contributed by atoms with Gasteiger partial charge in [0, 0.05) is 5.92 Å². The summed E-state index contributed by atoms with van der Waals surface area (Å²) in [6, 6.07) is 0.779. The SMILES string of the molecule is CCCCC[C@H]1CC[C@H](C#Cc2cc(F)c(F)nc2F)CC1. The first-order valence-corrected chi connectivity index (χ1v) is 8.13. The van der Waals surface area contributed by atoms with Crippen LogP contribution in [0.3, 0.4) is 0 Å². The Balaban J connectivity index is 1.88. The molecule has 120 valence electrons. The van der Waals surface area contributed by atoms with Crippen LogP contribution < -0.4 is 0 Å². The van der Waals surface area contributed by atoms with Crippen LogP contribution in [0.15, 0.2) is 6.07 Å². The largest absolute Gasteiger partial charge is 0.251 e. The lowest BCUT2D eigenvalue weighted by Gasteiger charge is -2.25. The van der Waals surface area contributed by atoms with Crippen LogP contribution in [0.2, 0.25) is 0 Å². The molecule has 0 aliphatic heterocycles. The monoisotopic (exact) mass is 309 g/mol. The van der Waals surface area contributed by atoms with Crippen molar-refractivity contribution >= 4 is 0 Å². The second kappa shape index (κ2) is 8.22. The highest BCUT2D eigenvalue weighted by Crippen LogP contribution is 2.31. The summed E-state index contributed by atoms with van der Waals surface area (Å²) in [4.78, 5) is 2.88. The zero-order valence-electron chi connectivity index (χ0n) is 13.0. The number of pyridine rings is 1. The summed E-state index contributed by atoms with van der Waals surface area (Å²) in [7, 11) is 0. The second-order valence-electron chi connectivity index (χ2n) is 6.08. The van der Waals surface area contributed by atoms with Crippen LogP contribution in [-0.4, -0.2) is 4.98 Å². The van der Waals surface area contributed by atoms with E-state index < -0.39 is 17.7 Å². The Kier molecular flexibility index (Phi) is 6.30. The molecule has 2 rings (SSSR count). The van der Waals surface area contributed by atoms with Crippen LogP contribution in [0.1, 0.15) is 63.9 Å². The van der Waals surface area contributed by atoms with Crippen molar-refractivity contribution in [2.24, 2.45) is 11.8 Å². The normalized spacial score (nSPS) is 21.3. The van der Waals surface area contributed by atoms with E-state index in [0.29, 0.717) is 0 Å². The molecule has 4 heteroatoms. The number of hydrogen-bond donors (Lipinski definition) is 0. The van der Waals surface area contributed by atoms with Gasteiger partial charge in [0.25, 0.3) is 5.95 Å². The van der Waals surface area contributed by atoms with E-state index in [1.807, 2.05) is 0 Å². The first-order valence-electron chi connectivity index (χ1n) is 8.13. The summed E-state index contributed by atoms with van der Waals surface area (Å²) in [5, 5.41) is 0. The van der Waals surface area contributed by atoms with Gasteiger partial charge in [0.15, 0.2) is 5.82 Å². The molecule has 0 radical (unpaired) electrons. The van der Waals surface area contributed by atoms with Gasteiger partial charge in [-0.2, -0.15) is 13.8 Å².